The molecule has 0 saturated heterocycles. The van der Waals surface area contributed by atoms with Gasteiger partial charge in [0.25, 0.3) is 0 Å². The van der Waals surface area contributed by atoms with Crippen molar-refractivity contribution in [2.24, 2.45) is 0 Å². The first-order valence-corrected chi connectivity index (χ1v) is 13.9. The molecule has 0 aliphatic heterocycles. The summed E-state index contributed by atoms with van der Waals surface area (Å²) < 4.78 is 0. The zero-order chi connectivity index (χ0) is 25.8. The Morgan fingerprint density at radius 3 is 2.17 bits per heavy atom. The van der Waals surface area contributed by atoms with Gasteiger partial charge in [-0.15, -0.1) is 0 Å². The smallest absolute Gasteiger partial charge is 0.243 e. The van der Waals surface area contributed by atoms with Crippen molar-refractivity contribution in [1.29, 1.82) is 0 Å². The predicted octanol–water partition coefficient (Wildman–Crippen LogP) is 6.17. The van der Waals surface area contributed by atoms with Gasteiger partial charge in [0, 0.05) is 36.9 Å². The summed E-state index contributed by atoms with van der Waals surface area (Å²) in [5.74, 6) is 1.50. The fourth-order valence-corrected chi connectivity index (χ4v) is 4.96. The van der Waals surface area contributed by atoms with Crippen molar-refractivity contribution in [3.8, 4) is 0 Å². The summed E-state index contributed by atoms with van der Waals surface area (Å²) in [6.45, 7) is 6.52. The van der Waals surface area contributed by atoms with E-state index in [1.807, 2.05) is 80.6 Å². The number of carbonyl (C=O) groups is 2. The van der Waals surface area contributed by atoms with Gasteiger partial charge in [-0.3, -0.25) is 9.59 Å². The lowest BCUT2D eigenvalue weighted by Gasteiger charge is -2.32. The molecule has 0 aromatic heterocycles. The number of thioether (sulfide) groups is 1. The highest BCUT2D eigenvalue weighted by Gasteiger charge is 2.30. The summed E-state index contributed by atoms with van der Waals surface area (Å²) in [5.41, 5.74) is 4.47. The fourth-order valence-electron chi connectivity index (χ4n) is 4.07. The first kappa shape index (κ1) is 27.5. The maximum absolute atomic E-state index is 13.7. The average Bonchev–Trinajstić information content (AvgIpc) is 2.89. The van der Waals surface area contributed by atoms with Crippen molar-refractivity contribution >= 4 is 23.6 Å². The third-order valence-electron chi connectivity index (χ3n) is 6.28. The summed E-state index contributed by atoms with van der Waals surface area (Å²) in [4.78, 5) is 29.0. The summed E-state index contributed by atoms with van der Waals surface area (Å²) in [6.07, 6.45) is 1.72. The SMILES string of the molecule is CC[C@H](C)NC(=O)[C@H](Cc1ccccc1)N(Cc1cccc(C)c1)C(=O)CCSCc1ccccc1. The van der Waals surface area contributed by atoms with Crippen LogP contribution in [0.3, 0.4) is 0 Å². The van der Waals surface area contributed by atoms with Crippen molar-refractivity contribution in [2.45, 2.75) is 64.4 Å². The molecular weight excluding hydrogens is 464 g/mol. The number of aryl methyl sites for hydroxylation is 1. The van der Waals surface area contributed by atoms with E-state index in [0.29, 0.717) is 25.1 Å². The molecule has 2 atom stereocenters. The number of rotatable bonds is 13. The first-order valence-electron chi connectivity index (χ1n) is 12.8. The zero-order valence-corrected chi connectivity index (χ0v) is 22.5. The maximum atomic E-state index is 13.7. The van der Waals surface area contributed by atoms with Gasteiger partial charge in [0.1, 0.15) is 6.04 Å². The highest BCUT2D eigenvalue weighted by Crippen LogP contribution is 2.19. The summed E-state index contributed by atoms with van der Waals surface area (Å²) in [7, 11) is 0. The Bertz CT molecular complexity index is 1090. The number of amides is 2. The van der Waals surface area contributed by atoms with Gasteiger partial charge in [0.15, 0.2) is 0 Å². The van der Waals surface area contributed by atoms with Crippen molar-refractivity contribution in [1.82, 2.24) is 10.2 Å². The van der Waals surface area contributed by atoms with Gasteiger partial charge in [-0.2, -0.15) is 11.8 Å². The van der Waals surface area contributed by atoms with Crippen LogP contribution < -0.4 is 5.32 Å². The van der Waals surface area contributed by atoms with Crippen LogP contribution in [0.25, 0.3) is 0 Å². The number of nitrogens with zero attached hydrogens (tertiary/aromatic N) is 1. The summed E-state index contributed by atoms with van der Waals surface area (Å²) in [5, 5.41) is 3.13. The molecule has 0 fully saturated rings. The van der Waals surface area contributed by atoms with Crippen LogP contribution in [0, 0.1) is 6.92 Å². The maximum Gasteiger partial charge on any atom is 0.243 e. The van der Waals surface area contributed by atoms with E-state index < -0.39 is 6.04 Å². The third kappa shape index (κ3) is 8.87. The van der Waals surface area contributed by atoms with Crippen LogP contribution >= 0.6 is 11.8 Å². The molecule has 0 saturated carbocycles. The van der Waals surface area contributed by atoms with E-state index in [9.17, 15) is 9.59 Å². The van der Waals surface area contributed by atoms with Crippen LogP contribution in [-0.2, 0) is 28.3 Å². The molecule has 0 radical (unpaired) electrons. The minimum atomic E-state index is -0.575. The van der Waals surface area contributed by atoms with Crippen LogP contribution in [0.2, 0.25) is 0 Å². The molecule has 3 aromatic rings. The van der Waals surface area contributed by atoms with Gasteiger partial charge < -0.3 is 10.2 Å². The van der Waals surface area contributed by atoms with E-state index in [0.717, 1.165) is 28.9 Å². The Morgan fingerprint density at radius 1 is 0.889 bits per heavy atom. The molecule has 3 rings (SSSR count). The van der Waals surface area contributed by atoms with E-state index in [-0.39, 0.29) is 17.9 Å². The van der Waals surface area contributed by atoms with Crippen molar-refractivity contribution in [3.05, 3.63) is 107 Å². The van der Waals surface area contributed by atoms with Crippen molar-refractivity contribution < 1.29 is 9.59 Å². The largest absolute Gasteiger partial charge is 0.352 e. The molecule has 1 N–H and O–H groups in total. The second-order valence-electron chi connectivity index (χ2n) is 9.32. The summed E-state index contributed by atoms with van der Waals surface area (Å²) in [6, 6.07) is 27.9. The molecule has 36 heavy (non-hydrogen) atoms. The lowest BCUT2D eigenvalue weighted by Crippen LogP contribution is -2.52. The van der Waals surface area contributed by atoms with Crippen LogP contribution in [-0.4, -0.2) is 34.6 Å². The Balaban J connectivity index is 1.80. The molecule has 2 amide bonds. The molecule has 0 unspecified atom stereocenters. The molecule has 0 aliphatic carbocycles. The van der Waals surface area contributed by atoms with E-state index in [1.54, 1.807) is 16.7 Å². The molecule has 0 bridgehead atoms. The minimum absolute atomic E-state index is 0.0114. The normalized spacial score (nSPS) is 12.5. The fraction of sp³-hybridized carbons (Fsp3) is 0.355. The van der Waals surface area contributed by atoms with Gasteiger partial charge in [-0.1, -0.05) is 97.4 Å². The van der Waals surface area contributed by atoms with Crippen LogP contribution in [0.4, 0.5) is 0 Å². The number of hydrogen-bond acceptors (Lipinski definition) is 3. The molecular formula is C31H38N2O2S. The Hall–Kier alpha value is -3.05. The van der Waals surface area contributed by atoms with Crippen molar-refractivity contribution in [3.63, 3.8) is 0 Å². The molecule has 4 nitrogen and oxygen atoms in total. The second-order valence-corrected chi connectivity index (χ2v) is 10.4. The van der Waals surface area contributed by atoms with Crippen LogP contribution in [0.15, 0.2) is 84.9 Å². The molecule has 0 aliphatic rings. The van der Waals surface area contributed by atoms with Gasteiger partial charge in [0.05, 0.1) is 0 Å². The number of benzene rings is 3. The van der Waals surface area contributed by atoms with Gasteiger partial charge >= 0.3 is 0 Å². The van der Waals surface area contributed by atoms with E-state index in [4.69, 9.17) is 0 Å². The Labute approximate surface area is 220 Å². The molecule has 190 valence electrons. The lowest BCUT2D eigenvalue weighted by atomic mass is 10.0. The topological polar surface area (TPSA) is 49.4 Å². The van der Waals surface area contributed by atoms with Crippen LogP contribution in [0.1, 0.15) is 48.9 Å². The highest BCUT2D eigenvalue weighted by atomic mass is 32.2. The number of nitrogens with one attached hydrogen (secondary N) is 1. The Morgan fingerprint density at radius 2 is 1.53 bits per heavy atom. The quantitative estimate of drug-likeness (QED) is 0.284. The third-order valence-corrected chi connectivity index (χ3v) is 7.31. The molecule has 3 aromatic carbocycles. The molecule has 0 spiro atoms. The Kier molecular flexibility index (Phi) is 11.1. The van der Waals surface area contributed by atoms with Crippen LogP contribution in [0.5, 0.6) is 0 Å². The number of carbonyl (C=O) groups excluding carboxylic acids is 2. The molecule has 0 heterocycles. The van der Waals surface area contributed by atoms with Gasteiger partial charge in [-0.05, 0) is 37.0 Å². The highest BCUT2D eigenvalue weighted by molar-refractivity contribution is 7.98. The van der Waals surface area contributed by atoms with E-state index >= 15 is 0 Å². The average molecular weight is 503 g/mol. The number of hydrogen-bond donors (Lipinski definition) is 1. The van der Waals surface area contributed by atoms with E-state index in [2.05, 4.69) is 30.4 Å². The second kappa shape index (κ2) is 14.5. The lowest BCUT2D eigenvalue weighted by molar-refractivity contribution is -0.141. The van der Waals surface area contributed by atoms with Gasteiger partial charge in [-0.25, -0.2) is 0 Å². The minimum Gasteiger partial charge on any atom is -0.352 e. The zero-order valence-electron chi connectivity index (χ0n) is 21.7. The summed E-state index contributed by atoms with van der Waals surface area (Å²) >= 11 is 1.75. The van der Waals surface area contributed by atoms with E-state index in [1.165, 1.54) is 5.56 Å². The predicted molar refractivity (Wildman–Crippen MR) is 151 cm³/mol. The van der Waals surface area contributed by atoms with Gasteiger partial charge in [0.2, 0.25) is 11.8 Å². The standard InChI is InChI=1S/C31H38N2O2S/c1-4-25(3)32-31(35)29(21-26-13-7-5-8-14-26)33(22-28-17-11-12-24(2)20-28)30(34)18-19-36-23-27-15-9-6-10-16-27/h5-17,20,25,29H,4,18-19,21-23H2,1-3H3,(H,32,35)/t25-,29-/m0/s1. The molecule has 5 heteroatoms. The monoisotopic (exact) mass is 502 g/mol. The van der Waals surface area contributed by atoms with Crippen molar-refractivity contribution in [2.75, 3.05) is 5.75 Å². The first-order chi connectivity index (χ1) is 17.5.